The van der Waals surface area contributed by atoms with Crippen LogP contribution in [0.3, 0.4) is 0 Å². The van der Waals surface area contributed by atoms with Gasteiger partial charge in [-0.2, -0.15) is 0 Å². The van der Waals surface area contributed by atoms with Crippen molar-refractivity contribution in [2.24, 2.45) is 4.99 Å². The molecule has 7 nitrogen and oxygen atoms in total. The summed E-state index contributed by atoms with van der Waals surface area (Å²) in [6.07, 6.45) is 0.877. The minimum Gasteiger partial charge on any atom is -0.493 e. The molecule has 11 heteroatoms. The summed E-state index contributed by atoms with van der Waals surface area (Å²) in [5, 5.41) is 10.6. The molecule has 0 unspecified atom stereocenters. The summed E-state index contributed by atoms with van der Waals surface area (Å²) in [6.45, 7) is 4.07. The van der Waals surface area contributed by atoms with Gasteiger partial charge in [0.15, 0.2) is 17.3 Å². The number of benzene rings is 2. The third-order valence-corrected chi connectivity index (χ3v) is 10.1. The number of nitrogens with zero attached hydrogens (tertiary/aromatic N) is 5. The Labute approximate surface area is 245 Å². The molecule has 39 heavy (non-hydrogen) atoms. The lowest BCUT2D eigenvalue weighted by atomic mass is 9.95. The first-order chi connectivity index (χ1) is 19.0. The summed E-state index contributed by atoms with van der Waals surface area (Å²) in [5.74, 6) is 3.85. The maximum atomic E-state index is 6.68. The number of thiocarbonyl (C=S) groups is 1. The fraction of sp³-hybridized carbons (Fsp3) is 0.286. The van der Waals surface area contributed by atoms with Crippen molar-refractivity contribution in [3.63, 3.8) is 0 Å². The van der Waals surface area contributed by atoms with E-state index < -0.39 is 0 Å². The number of methoxy groups -OCH3 is 2. The number of thioether (sulfide) groups is 1. The number of fused-ring (bicyclic) bond motifs is 5. The minimum atomic E-state index is 0.459. The summed E-state index contributed by atoms with van der Waals surface area (Å²) in [4.78, 5) is 10.7. The van der Waals surface area contributed by atoms with Crippen LogP contribution in [-0.2, 0) is 19.5 Å². The molecule has 0 radical (unpaired) electrons. The zero-order chi connectivity index (χ0) is 27.1. The van der Waals surface area contributed by atoms with E-state index in [4.69, 9.17) is 38.3 Å². The SMILES string of the molecule is COc1ccc(SCC(=S)N2CCc3c(sc4c3C(c3ccccc3Cl)=NCc3nnc(C)n3-4)C2)cc1OC. The number of aliphatic imine (C=N–C) groups is 1. The number of hydrogen-bond donors (Lipinski definition) is 0. The second-order valence-corrected chi connectivity index (χ2v) is 12.2. The van der Waals surface area contributed by atoms with E-state index in [0.717, 1.165) is 74.4 Å². The largest absolute Gasteiger partial charge is 0.493 e. The predicted molar refractivity (Wildman–Crippen MR) is 162 cm³/mol. The zero-order valence-electron chi connectivity index (χ0n) is 21.7. The molecule has 2 aromatic heterocycles. The normalized spacial score (nSPS) is 14.2. The first-order valence-corrected chi connectivity index (χ1v) is 15.1. The number of thiophene rings is 1. The fourth-order valence-corrected chi connectivity index (χ4v) is 7.84. The number of aromatic nitrogens is 3. The lowest BCUT2D eigenvalue weighted by Crippen LogP contribution is -2.35. The molecule has 0 aliphatic carbocycles. The van der Waals surface area contributed by atoms with Crippen LogP contribution in [0.1, 0.15) is 33.2 Å². The van der Waals surface area contributed by atoms with Crippen molar-refractivity contribution in [3.8, 4) is 16.5 Å². The maximum Gasteiger partial charge on any atom is 0.161 e. The molecule has 2 aliphatic rings. The van der Waals surface area contributed by atoms with Crippen LogP contribution in [0.4, 0.5) is 0 Å². The van der Waals surface area contributed by atoms with Crippen LogP contribution >= 0.6 is 46.9 Å². The molecular weight excluding hydrogens is 570 g/mol. The molecule has 0 saturated carbocycles. The Morgan fingerprint density at radius 3 is 2.74 bits per heavy atom. The van der Waals surface area contributed by atoms with E-state index in [9.17, 15) is 0 Å². The van der Waals surface area contributed by atoms with Gasteiger partial charge in [-0.25, -0.2) is 0 Å². The monoisotopic (exact) mass is 595 g/mol. The van der Waals surface area contributed by atoms with Gasteiger partial charge in [-0.1, -0.05) is 42.0 Å². The Bertz CT molecular complexity index is 1610. The molecule has 4 heterocycles. The van der Waals surface area contributed by atoms with Crippen molar-refractivity contribution in [1.82, 2.24) is 19.7 Å². The molecule has 6 rings (SSSR count). The van der Waals surface area contributed by atoms with Crippen LogP contribution in [0, 0.1) is 6.92 Å². The molecular formula is C28H26ClN5O2S3. The van der Waals surface area contributed by atoms with E-state index in [2.05, 4.69) is 19.7 Å². The smallest absolute Gasteiger partial charge is 0.161 e. The average molecular weight is 596 g/mol. The molecule has 2 aromatic carbocycles. The molecule has 0 bridgehead atoms. The van der Waals surface area contributed by atoms with E-state index in [-0.39, 0.29) is 0 Å². The molecule has 0 saturated heterocycles. The molecule has 2 aliphatic heterocycles. The minimum absolute atomic E-state index is 0.459. The van der Waals surface area contributed by atoms with Gasteiger partial charge in [0.1, 0.15) is 17.4 Å². The quantitative estimate of drug-likeness (QED) is 0.196. The number of halogens is 1. The van der Waals surface area contributed by atoms with Crippen LogP contribution in [0.15, 0.2) is 52.4 Å². The van der Waals surface area contributed by atoms with Crippen molar-refractivity contribution in [3.05, 3.63) is 80.7 Å². The lowest BCUT2D eigenvalue weighted by Gasteiger charge is -2.29. The van der Waals surface area contributed by atoms with E-state index in [0.29, 0.717) is 17.3 Å². The third-order valence-electron chi connectivity index (χ3n) is 6.95. The highest BCUT2D eigenvalue weighted by molar-refractivity contribution is 8.01. The van der Waals surface area contributed by atoms with Gasteiger partial charge in [0.05, 0.1) is 31.5 Å². The topological polar surface area (TPSA) is 64.8 Å². The molecule has 0 N–H and O–H groups in total. The first kappa shape index (κ1) is 26.3. The predicted octanol–water partition coefficient (Wildman–Crippen LogP) is 6.14. The van der Waals surface area contributed by atoms with E-state index in [1.54, 1.807) is 37.3 Å². The summed E-state index contributed by atoms with van der Waals surface area (Å²) in [5.41, 5.74) is 4.34. The van der Waals surface area contributed by atoms with Gasteiger partial charge in [-0.3, -0.25) is 9.56 Å². The molecule has 0 atom stereocenters. The Balaban J connectivity index is 1.29. The summed E-state index contributed by atoms with van der Waals surface area (Å²) < 4.78 is 13.0. The van der Waals surface area contributed by atoms with Gasteiger partial charge >= 0.3 is 0 Å². The number of hydrogen-bond acceptors (Lipinski definition) is 8. The maximum absolute atomic E-state index is 6.68. The molecule has 0 fully saturated rings. The zero-order valence-corrected chi connectivity index (χ0v) is 24.9. The Morgan fingerprint density at radius 1 is 1.13 bits per heavy atom. The van der Waals surface area contributed by atoms with Gasteiger partial charge in [0.2, 0.25) is 0 Å². The van der Waals surface area contributed by atoms with Crippen LogP contribution in [0.5, 0.6) is 11.5 Å². The highest BCUT2D eigenvalue weighted by atomic mass is 35.5. The van der Waals surface area contributed by atoms with Crippen LogP contribution in [0.25, 0.3) is 5.00 Å². The average Bonchev–Trinajstić information content (AvgIpc) is 3.46. The lowest BCUT2D eigenvalue weighted by molar-refractivity contribution is 0.354. The third kappa shape index (κ3) is 4.84. The van der Waals surface area contributed by atoms with Crippen LogP contribution in [0.2, 0.25) is 5.02 Å². The molecule has 200 valence electrons. The van der Waals surface area contributed by atoms with Gasteiger partial charge in [-0.05, 0) is 43.2 Å². The van der Waals surface area contributed by atoms with Crippen molar-refractivity contribution in [1.29, 1.82) is 0 Å². The summed E-state index contributed by atoms with van der Waals surface area (Å²) in [6, 6.07) is 13.9. The van der Waals surface area contributed by atoms with Crippen molar-refractivity contribution < 1.29 is 9.47 Å². The molecule has 0 amide bonds. The Hall–Kier alpha value is -2.92. The number of aryl methyl sites for hydroxylation is 1. The van der Waals surface area contributed by atoms with E-state index >= 15 is 0 Å². The fourth-order valence-electron chi connectivity index (χ4n) is 5.02. The second kappa shape index (κ2) is 10.9. The van der Waals surface area contributed by atoms with Crippen LogP contribution < -0.4 is 9.47 Å². The van der Waals surface area contributed by atoms with Gasteiger partial charge < -0.3 is 14.4 Å². The summed E-state index contributed by atoms with van der Waals surface area (Å²) >= 11 is 16.1. The van der Waals surface area contributed by atoms with Gasteiger partial charge in [0, 0.05) is 38.2 Å². The standard InChI is InChI=1S/C28H26ClN5O2S3/c1-16-31-32-24-13-30-27(18-6-4-5-7-20(18)29)26-19-10-11-33(14-23(19)39-28(26)34(16)24)25(37)15-38-17-8-9-21(35-2)22(12-17)36-3/h4-9,12H,10-11,13-15H2,1-3H3. The highest BCUT2D eigenvalue weighted by Crippen LogP contribution is 2.41. The van der Waals surface area contributed by atoms with Crippen molar-refractivity contribution in [2.45, 2.75) is 31.3 Å². The van der Waals surface area contributed by atoms with Crippen LogP contribution in [-0.4, -0.2) is 56.9 Å². The number of ether oxygens (including phenoxy) is 2. The summed E-state index contributed by atoms with van der Waals surface area (Å²) in [7, 11) is 3.29. The Kier molecular flexibility index (Phi) is 7.37. The van der Waals surface area contributed by atoms with Gasteiger partial charge in [0.25, 0.3) is 0 Å². The second-order valence-electron chi connectivity index (χ2n) is 9.20. The first-order valence-electron chi connectivity index (χ1n) is 12.5. The van der Waals surface area contributed by atoms with E-state index in [1.807, 2.05) is 49.4 Å². The van der Waals surface area contributed by atoms with Gasteiger partial charge in [-0.15, -0.1) is 33.3 Å². The Morgan fingerprint density at radius 2 is 1.95 bits per heavy atom. The number of rotatable bonds is 6. The molecule has 0 spiro atoms. The molecule has 4 aromatic rings. The van der Waals surface area contributed by atoms with Crippen molar-refractivity contribution >= 4 is 57.6 Å². The highest BCUT2D eigenvalue weighted by Gasteiger charge is 2.32. The van der Waals surface area contributed by atoms with E-state index in [1.165, 1.54) is 10.4 Å². The van der Waals surface area contributed by atoms with Crippen molar-refractivity contribution in [2.75, 3.05) is 26.5 Å².